The van der Waals surface area contributed by atoms with Crippen LogP contribution in [0, 0.1) is 0 Å². The minimum Gasteiger partial charge on any atom is -0.464 e. The van der Waals surface area contributed by atoms with Crippen LogP contribution in [-0.2, 0) is 16.2 Å². The summed E-state index contributed by atoms with van der Waals surface area (Å²) in [7, 11) is 1.39. The van der Waals surface area contributed by atoms with Crippen LogP contribution in [-0.4, -0.2) is 46.9 Å². The first kappa shape index (κ1) is 24.5. The van der Waals surface area contributed by atoms with Crippen LogP contribution < -0.4 is 0 Å². The summed E-state index contributed by atoms with van der Waals surface area (Å²) < 4.78 is 15.0. The summed E-state index contributed by atoms with van der Waals surface area (Å²) in [5, 5.41) is 0.571. The summed E-state index contributed by atoms with van der Waals surface area (Å²) in [4.78, 5) is 21.3. The third kappa shape index (κ3) is 4.63. The molecule has 3 heterocycles. The largest absolute Gasteiger partial charge is 0.464 e. The van der Waals surface area contributed by atoms with E-state index >= 15 is 0 Å². The van der Waals surface area contributed by atoms with E-state index in [0.717, 1.165) is 29.1 Å². The van der Waals surface area contributed by atoms with Crippen LogP contribution in [0.3, 0.4) is 0 Å². The fraction of sp³-hybridized carbons (Fsp3) is 0.522. The number of imidazole rings is 1. The van der Waals surface area contributed by atoms with Crippen molar-refractivity contribution in [1.29, 1.82) is 0 Å². The third-order valence-electron chi connectivity index (χ3n) is 6.54. The number of hydrogen-bond acceptors (Lipinski definition) is 5. The van der Waals surface area contributed by atoms with Crippen molar-refractivity contribution >= 4 is 31.4 Å². The molecule has 0 amide bonds. The Balaban J connectivity index is 1.95. The Kier molecular flexibility index (Phi) is 6.88. The fourth-order valence-electron chi connectivity index (χ4n) is 3.42. The molecule has 0 saturated carbocycles. The number of halogens is 1. The van der Waals surface area contributed by atoms with E-state index in [-0.39, 0.29) is 16.9 Å². The van der Waals surface area contributed by atoms with Crippen LogP contribution in [0.25, 0.3) is 16.9 Å². The molecule has 3 rings (SSSR count). The molecule has 0 aromatic carbocycles. The molecule has 3 aromatic rings. The second-order valence-corrected chi connectivity index (χ2v) is 14.9. The molecular weight excluding hydrogens is 444 g/mol. The standard InChI is InChI=1S/C23H33ClN4O3Si/c1-15(11-12-31-32(7,8)23(2,3)4)21-26-20(18-13-25-19(24)14-28(18)21)16-9-10-17(27(16)5)22(29)30-6/h9-10,13-15H,11-12H2,1-8H3/t15-/m0/s1. The average Bonchev–Trinajstić information content (AvgIpc) is 3.26. The van der Waals surface area contributed by atoms with Gasteiger partial charge in [0, 0.05) is 25.8 Å². The topological polar surface area (TPSA) is 70.7 Å². The van der Waals surface area contributed by atoms with Crippen molar-refractivity contribution in [3.63, 3.8) is 0 Å². The number of nitrogens with zero attached hydrogens (tertiary/aromatic N) is 4. The second-order valence-electron chi connectivity index (χ2n) is 9.74. The Morgan fingerprint density at radius 2 is 1.97 bits per heavy atom. The number of aromatic nitrogens is 4. The van der Waals surface area contributed by atoms with E-state index in [1.54, 1.807) is 23.0 Å². The van der Waals surface area contributed by atoms with E-state index in [4.69, 9.17) is 25.7 Å². The molecule has 0 aliphatic heterocycles. The molecule has 7 nitrogen and oxygen atoms in total. The summed E-state index contributed by atoms with van der Waals surface area (Å²) in [6, 6.07) is 3.62. The quantitative estimate of drug-likeness (QED) is 0.323. The van der Waals surface area contributed by atoms with Crippen molar-refractivity contribution in [2.75, 3.05) is 13.7 Å². The van der Waals surface area contributed by atoms with Gasteiger partial charge in [-0.15, -0.1) is 0 Å². The highest BCUT2D eigenvalue weighted by Crippen LogP contribution is 2.37. The number of carbonyl (C=O) groups is 1. The van der Waals surface area contributed by atoms with Gasteiger partial charge in [0.2, 0.25) is 0 Å². The average molecular weight is 477 g/mol. The van der Waals surface area contributed by atoms with Gasteiger partial charge in [-0.2, -0.15) is 0 Å². The van der Waals surface area contributed by atoms with Gasteiger partial charge in [-0.25, -0.2) is 14.8 Å². The highest BCUT2D eigenvalue weighted by molar-refractivity contribution is 6.74. The van der Waals surface area contributed by atoms with Crippen LogP contribution in [0.15, 0.2) is 24.5 Å². The maximum atomic E-state index is 12.1. The van der Waals surface area contributed by atoms with Gasteiger partial charge >= 0.3 is 5.97 Å². The van der Waals surface area contributed by atoms with Gasteiger partial charge in [0.25, 0.3) is 0 Å². The fourth-order valence-corrected chi connectivity index (χ4v) is 4.62. The molecule has 0 aliphatic rings. The Bertz CT molecular complexity index is 1130. The van der Waals surface area contributed by atoms with Crippen LogP contribution in [0.5, 0.6) is 0 Å². The minimum atomic E-state index is -1.81. The monoisotopic (exact) mass is 476 g/mol. The number of methoxy groups -OCH3 is 1. The van der Waals surface area contributed by atoms with Crippen molar-refractivity contribution in [3.8, 4) is 11.4 Å². The summed E-state index contributed by atoms with van der Waals surface area (Å²) in [5.74, 6) is 0.638. The number of rotatable bonds is 7. The van der Waals surface area contributed by atoms with Crippen molar-refractivity contribution in [2.24, 2.45) is 7.05 Å². The molecule has 0 saturated heterocycles. The van der Waals surface area contributed by atoms with E-state index in [0.29, 0.717) is 17.5 Å². The molecule has 0 unspecified atom stereocenters. The molecular formula is C23H33ClN4O3Si. The van der Waals surface area contributed by atoms with E-state index in [9.17, 15) is 4.79 Å². The first-order valence-electron chi connectivity index (χ1n) is 10.8. The van der Waals surface area contributed by atoms with Crippen molar-refractivity contribution in [3.05, 3.63) is 41.2 Å². The maximum Gasteiger partial charge on any atom is 0.354 e. The Morgan fingerprint density at radius 1 is 1.28 bits per heavy atom. The van der Waals surface area contributed by atoms with Crippen molar-refractivity contribution in [2.45, 2.75) is 58.2 Å². The molecule has 3 aromatic heterocycles. The lowest BCUT2D eigenvalue weighted by Gasteiger charge is -2.36. The normalized spacial score (nSPS) is 13.5. The summed E-state index contributed by atoms with van der Waals surface area (Å²) in [5.41, 5.74) is 2.85. The third-order valence-corrected chi connectivity index (χ3v) is 11.3. The first-order valence-corrected chi connectivity index (χ1v) is 14.1. The van der Waals surface area contributed by atoms with Gasteiger partial charge in [-0.1, -0.05) is 39.3 Å². The minimum absolute atomic E-state index is 0.139. The summed E-state index contributed by atoms with van der Waals surface area (Å²) in [6.45, 7) is 14.1. The maximum absolute atomic E-state index is 12.1. The van der Waals surface area contributed by atoms with Crippen molar-refractivity contribution in [1.82, 2.24) is 18.9 Å². The molecule has 0 bridgehead atoms. The van der Waals surface area contributed by atoms with Crippen LogP contribution in [0.2, 0.25) is 23.3 Å². The van der Waals surface area contributed by atoms with Crippen LogP contribution in [0.4, 0.5) is 0 Å². The molecule has 0 fully saturated rings. The van der Waals surface area contributed by atoms with Gasteiger partial charge < -0.3 is 13.7 Å². The zero-order valence-corrected chi connectivity index (χ0v) is 21.9. The molecule has 174 valence electrons. The van der Waals surface area contributed by atoms with Gasteiger partial charge in [-0.05, 0) is 36.7 Å². The molecule has 0 spiro atoms. The van der Waals surface area contributed by atoms with Gasteiger partial charge in [0.1, 0.15) is 22.4 Å². The second kappa shape index (κ2) is 9.00. The summed E-state index contributed by atoms with van der Waals surface area (Å²) >= 11 is 6.22. The van der Waals surface area contributed by atoms with E-state index in [1.165, 1.54) is 7.11 Å². The summed E-state index contributed by atoms with van der Waals surface area (Å²) in [6.07, 6.45) is 4.35. The molecule has 9 heteroatoms. The zero-order valence-electron chi connectivity index (χ0n) is 20.2. The van der Waals surface area contributed by atoms with Crippen LogP contribution >= 0.6 is 11.6 Å². The zero-order chi connectivity index (χ0) is 23.8. The highest BCUT2D eigenvalue weighted by atomic mass is 35.5. The predicted molar refractivity (Wildman–Crippen MR) is 130 cm³/mol. The number of hydrogen-bond donors (Lipinski definition) is 0. The molecule has 0 aliphatic carbocycles. The van der Waals surface area contributed by atoms with E-state index in [1.807, 2.05) is 17.5 Å². The number of ether oxygens (including phenoxy) is 1. The Hall–Kier alpha value is -2.16. The lowest BCUT2D eigenvalue weighted by Crippen LogP contribution is -2.41. The molecule has 32 heavy (non-hydrogen) atoms. The Morgan fingerprint density at radius 3 is 2.59 bits per heavy atom. The molecule has 0 radical (unpaired) electrons. The SMILES string of the molecule is COC(=O)c1ccc(-c2nc([C@@H](C)CCO[Si](C)(C)C(C)(C)C)n3cc(Cl)ncc23)n1C. The number of carbonyl (C=O) groups excluding carboxylic acids is 1. The van der Waals surface area contributed by atoms with Gasteiger partial charge in [0.15, 0.2) is 8.32 Å². The van der Waals surface area contributed by atoms with E-state index in [2.05, 4.69) is 45.8 Å². The van der Waals surface area contributed by atoms with E-state index < -0.39 is 8.32 Å². The highest BCUT2D eigenvalue weighted by Gasteiger charge is 2.37. The lowest BCUT2D eigenvalue weighted by atomic mass is 10.1. The Labute approximate surface area is 195 Å². The smallest absolute Gasteiger partial charge is 0.354 e. The van der Waals surface area contributed by atoms with Gasteiger partial charge in [-0.3, -0.25) is 4.40 Å². The molecule has 0 N–H and O–H groups in total. The van der Waals surface area contributed by atoms with Gasteiger partial charge in [0.05, 0.1) is 24.5 Å². The lowest BCUT2D eigenvalue weighted by molar-refractivity contribution is 0.0590. The van der Waals surface area contributed by atoms with Crippen molar-refractivity contribution < 1.29 is 14.0 Å². The first-order chi connectivity index (χ1) is 14.9. The number of esters is 1. The van der Waals surface area contributed by atoms with Crippen LogP contribution in [0.1, 0.15) is 56.3 Å². The number of fused-ring (bicyclic) bond motifs is 1. The predicted octanol–water partition coefficient (Wildman–Crippen LogP) is 5.69. The molecule has 1 atom stereocenters.